The predicted octanol–water partition coefficient (Wildman–Crippen LogP) is 4.03. The highest BCUT2D eigenvalue weighted by molar-refractivity contribution is 5.96. The van der Waals surface area contributed by atoms with Gasteiger partial charge in [-0.3, -0.25) is 4.79 Å². The number of benzene rings is 2. The SMILES string of the molecule is N#Cc1ccccc1C(=O)N1CCC[C@@]2(C=Cc3ccccc3O2)CC1. The summed E-state index contributed by atoms with van der Waals surface area (Å²) in [5, 5.41) is 9.26. The molecule has 4 heteroatoms. The fraction of sp³-hybridized carbons (Fsp3) is 0.273. The van der Waals surface area contributed by atoms with Crippen molar-refractivity contribution in [3.05, 3.63) is 71.3 Å². The van der Waals surface area contributed by atoms with E-state index >= 15 is 0 Å². The van der Waals surface area contributed by atoms with Gasteiger partial charge in [0.1, 0.15) is 11.4 Å². The van der Waals surface area contributed by atoms with Crippen molar-refractivity contribution in [2.45, 2.75) is 24.9 Å². The number of amides is 1. The second-order valence-electron chi connectivity index (χ2n) is 6.84. The molecule has 2 aromatic carbocycles. The molecule has 0 aliphatic carbocycles. The van der Waals surface area contributed by atoms with Crippen LogP contribution < -0.4 is 4.74 Å². The van der Waals surface area contributed by atoms with Gasteiger partial charge in [0, 0.05) is 25.1 Å². The number of hydrogen-bond acceptors (Lipinski definition) is 3. The van der Waals surface area contributed by atoms with Crippen LogP contribution in [0.25, 0.3) is 6.08 Å². The van der Waals surface area contributed by atoms with Gasteiger partial charge in [0.05, 0.1) is 17.2 Å². The number of carbonyl (C=O) groups is 1. The molecule has 2 heterocycles. The third-order valence-electron chi connectivity index (χ3n) is 5.20. The van der Waals surface area contributed by atoms with E-state index in [-0.39, 0.29) is 11.5 Å². The summed E-state index contributed by atoms with van der Waals surface area (Å²) in [5.41, 5.74) is 1.66. The van der Waals surface area contributed by atoms with Crippen LogP contribution in [0.3, 0.4) is 0 Å². The van der Waals surface area contributed by atoms with Crippen LogP contribution in [0.2, 0.25) is 0 Å². The first-order chi connectivity index (χ1) is 12.7. The Morgan fingerprint density at radius 1 is 1.08 bits per heavy atom. The Balaban J connectivity index is 1.53. The topological polar surface area (TPSA) is 53.3 Å². The number of para-hydroxylation sites is 1. The maximum absolute atomic E-state index is 12.9. The number of ether oxygens (including phenoxy) is 1. The highest BCUT2D eigenvalue weighted by atomic mass is 16.5. The normalized spacial score (nSPS) is 21.4. The van der Waals surface area contributed by atoms with Crippen molar-refractivity contribution in [3.8, 4) is 11.8 Å². The molecule has 0 bridgehead atoms. The number of nitriles is 1. The smallest absolute Gasteiger partial charge is 0.255 e. The zero-order valence-corrected chi connectivity index (χ0v) is 14.5. The summed E-state index contributed by atoms with van der Waals surface area (Å²) in [7, 11) is 0. The van der Waals surface area contributed by atoms with Gasteiger partial charge < -0.3 is 9.64 Å². The average Bonchev–Trinajstić information content (AvgIpc) is 2.90. The Hall–Kier alpha value is -3.06. The number of rotatable bonds is 1. The molecular weight excluding hydrogens is 324 g/mol. The Morgan fingerprint density at radius 2 is 1.88 bits per heavy atom. The molecule has 1 saturated heterocycles. The van der Waals surface area contributed by atoms with Gasteiger partial charge in [-0.15, -0.1) is 0 Å². The summed E-state index contributed by atoms with van der Waals surface area (Å²) in [4.78, 5) is 14.8. The Kier molecular flexibility index (Phi) is 4.22. The molecule has 2 aliphatic heterocycles. The van der Waals surface area contributed by atoms with Gasteiger partial charge in [-0.1, -0.05) is 36.4 Å². The van der Waals surface area contributed by atoms with E-state index in [4.69, 9.17) is 4.74 Å². The van der Waals surface area contributed by atoms with E-state index in [0.29, 0.717) is 24.2 Å². The number of likely N-dealkylation sites (tertiary alicyclic amines) is 1. The molecule has 2 aliphatic rings. The standard InChI is InChI=1S/C22H20N2O2/c23-16-18-7-1-3-8-19(18)21(25)24-14-5-11-22(13-15-24)12-10-17-6-2-4-9-20(17)26-22/h1-4,6-10,12H,5,11,13-15H2/t22-/m1/s1. The van der Waals surface area contributed by atoms with Crippen molar-refractivity contribution >= 4 is 12.0 Å². The minimum Gasteiger partial charge on any atom is -0.483 e. The van der Waals surface area contributed by atoms with Crippen molar-refractivity contribution in [2.75, 3.05) is 13.1 Å². The molecule has 0 aromatic heterocycles. The van der Waals surface area contributed by atoms with Gasteiger partial charge in [0.25, 0.3) is 5.91 Å². The quantitative estimate of drug-likeness (QED) is 0.785. The zero-order chi connectivity index (χ0) is 18.0. The van der Waals surface area contributed by atoms with Crippen LogP contribution in [0.15, 0.2) is 54.6 Å². The number of carbonyl (C=O) groups excluding carboxylic acids is 1. The fourth-order valence-corrected chi connectivity index (χ4v) is 3.75. The molecule has 0 saturated carbocycles. The summed E-state index contributed by atoms with van der Waals surface area (Å²) >= 11 is 0. The molecule has 4 nitrogen and oxygen atoms in total. The van der Waals surface area contributed by atoms with Gasteiger partial charge in [-0.2, -0.15) is 5.26 Å². The third kappa shape index (κ3) is 2.97. The van der Waals surface area contributed by atoms with Gasteiger partial charge in [-0.25, -0.2) is 0 Å². The molecule has 26 heavy (non-hydrogen) atoms. The Morgan fingerprint density at radius 3 is 2.77 bits per heavy atom. The van der Waals surface area contributed by atoms with Crippen molar-refractivity contribution in [1.29, 1.82) is 5.26 Å². The third-order valence-corrected chi connectivity index (χ3v) is 5.20. The number of nitrogens with zero attached hydrogens (tertiary/aromatic N) is 2. The molecule has 130 valence electrons. The van der Waals surface area contributed by atoms with Crippen LogP contribution in [0.1, 0.15) is 40.7 Å². The molecule has 4 rings (SSSR count). The molecule has 1 atom stereocenters. The van der Waals surface area contributed by atoms with E-state index in [1.807, 2.05) is 29.2 Å². The van der Waals surface area contributed by atoms with Crippen LogP contribution in [0.5, 0.6) is 5.75 Å². The first-order valence-corrected chi connectivity index (χ1v) is 8.96. The minimum atomic E-state index is -0.349. The summed E-state index contributed by atoms with van der Waals surface area (Å²) in [6.45, 7) is 1.30. The van der Waals surface area contributed by atoms with Gasteiger partial charge in [0.15, 0.2) is 0 Å². The molecule has 0 radical (unpaired) electrons. The van der Waals surface area contributed by atoms with E-state index in [1.165, 1.54) is 0 Å². The van der Waals surface area contributed by atoms with E-state index in [0.717, 1.165) is 30.6 Å². The van der Waals surface area contributed by atoms with Crippen molar-refractivity contribution in [1.82, 2.24) is 4.90 Å². The molecule has 0 N–H and O–H groups in total. The fourth-order valence-electron chi connectivity index (χ4n) is 3.75. The van der Waals surface area contributed by atoms with Crippen LogP contribution in [-0.4, -0.2) is 29.5 Å². The first-order valence-electron chi connectivity index (χ1n) is 8.96. The summed E-state index contributed by atoms with van der Waals surface area (Å²) in [6.07, 6.45) is 6.76. The molecule has 1 spiro atoms. The lowest BCUT2D eigenvalue weighted by molar-refractivity contribution is 0.0730. The monoisotopic (exact) mass is 344 g/mol. The minimum absolute atomic E-state index is 0.0700. The van der Waals surface area contributed by atoms with Gasteiger partial charge >= 0.3 is 0 Å². The maximum atomic E-state index is 12.9. The van der Waals surface area contributed by atoms with E-state index in [1.54, 1.807) is 24.3 Å². The summed E-state index contributed by atoms with van der Waals surface area (Å²) in [5.74, 6) is 0.837. The molecular formula is C22H20N2O2. The second-order valence-corrected chi connectivity index (χ2v) is 6.84. The van der Waals surface area contributed by atoms with Crippen molar-refractivity contribution < 1.29 is 9.53 Å². The summed E-state index contributed by atoms with van der Waals surface area (Å²) < 4.78 is 6.34. The lowest BCUT2D eigenvalue weighted by Gasteiger charge is -2.34. The second kappa shape index (κ2) is 6.68. The number of hydrogen-bond donors (Lipinski definition) is 0. The lowest BCUT2D eigenvalue weighted by atomic mass is 9.91. The van der Waals surface area contributed by atoms with Crippen molar-refractivity contribution in [2.24, 2.45) is 0 Å². The Bertz CT molecular complexity index is 912. The van der Waals surface area contributed by atoms with E-state index < -0.39 is 0 Å². The number of fused-ring (bicyclic) bond motifs is 1. The van der Waals surface area contributed by atoms with Gasteiger partial charge in [-0.05, 0) is 37.1 Å². The molecule has 0 unspecified atom stereocenters. The maximum Gasteiger partial charge on any atom is 0.255 e. The zero-order valence-electron chi connectivity index (χ0n) is 14.5. The molecule has 2 aromatic rings. The van der Waals surface area contributed by atoms with Gasteiger partial charge in [0.2, 0.25) is 0 Å². The average molecular weight is 344 g/mol. The van der Waals surface area contributed by atoms with Crippen LogP contribution in [0.4, 0.5) is 0 Å². The molecule has 1 amide bonds. The largest absolute Gasteiger partial charge is 0.483 e. The first kappa shape index (κ1) is 16.4. The van der Waals surface area contributed by atoms with Crippen LogP contribution in [-0.2, 0) is 0 Å². The molecule has 1 fully saturated rings. The van der Waals surface area contributed by atoms with Crippen LogP contribution >= 0.6 is 0 Å². The highest BCUT2D eigenvalue weighted by Gasteiger charge is 2.36. The summed E-state index contributed by atoms with van der Waals surface area (Å²) in [6, 6.07) is 17.2. The lowest BCUT2D eigenvalue weighted by Crippen LogP contribution is -2.38. The van der Waals surface area contributed by atoms with Crippen molar-refractivity contribution in [3.63, 3.8) is 0 Å². The van der Waals surface area contributed by atoms with Crippen LogP contribution in [0, 0.1) is 11.3 Å². The highest BCUT2D eigenvalue weighted by Crippen LogP contribution is 2.37. The van der Waals surface area contributed by atoms with E-state index in [2.05, 4.69) is 18.2 Å². The predicted molar refractivity (Wildman–Crippen MR) is 99.7 cm³/mol. The van der Waals surface area contributed by atoms with E-state index in [9.17, 15) is 10.1 Å². The Labute approximate surface area is 153 Å².